The van der Waals surface area contributed by atoms with Crippen molar-refractivity contribution in [2.45, 2.75) is 38.0 Å². The van der Waals surface area contributed by atoms with Crippen molar-refractivity contribution in [3.63, 3.8) is 0 Å². The second-order valence-electron chi connectivity index (χ2n) is 7.94. The molecule has 0 aliphatic rings. The molecule has 7 nitrogen and oxygen atoms in total. The minimum atomic E-state index is -3.86. The number of carbonyl (C=O) groups excluding carboxylic acids is 1. The van der Waals surface area contributed by atoms with Crippen molar-refractivity contribution in [3.05, 3.63) is 71.0 Å². The van der Waals surface area contributed by atoms with Gasteiger partial charge in [-0.15, -0.1) is 0 Å². The van der Waals surface area contributed by atoms with Gasteiger partial charge >= 0.3 is 5.97 Å². The fourth-order valence-corrected chi connectivity index (χ4v) is 4.13. The Balaban J connectivity index is 1.94. The number of hydrogen-bond acceptors (Lipinski definition) is 5. The molecule has 0 atom stereocenters. The van der Waals surface area contributed by atoms with Crippen molar-refractivity contribution in [3.8, 4) is 5.69 Å². The molecule has 1 N–H and O–H groups in total. The van der Waals surface area contributed by atoms with E-state index in [4.69, 9.17) is 16.3 Å². The van der Waals surface area contributed by atoms with Gasteiger partial charge in [0.2, 0.25) is 0 Å². The smallest absolute Gasteiger partial charge is 0.341 e. The molecule has 3 rings (SSSR count). The SMILES string of the molecule is CCOC(=O)c1cnn(-c2cc(Cl)ccc2NS(=O)(=O)c2ccc(C(C)(C)C)cc2)c1. The van der Waals surface area contributed by atoms with Crippen LogP contribution in [0.4, 0.5) is 5.69 Å². The number of carbonyl (C=O) groups is 1. The standard InChI is InChI=1S/C22H24ClN3O4S/c1-5-30-21(27)15-13-24-26(14-15)20-12-17(23)8-11-19(20)25-31(28,29)18-9-6-16(7-10-18)22(2,3)4/h6-14,25H,5H2,1-4H3. The van der Waals surface area contributed by atoms with Gasteiger partial charge in [-0.3, -0.25) is 4.72 Å². The van der Waals surface area contributed by atoms with Crippen molar-refractivity contribution in [2.75, 3.05) is 11.3 Å². The molecule has 0 aliphatic heterocycles. The lowest BCUT2D eigenvalue weighted by Gasteiger charge is -2.19. The second kappa shape index (κ2) is 8.72. The van der Waals surface area contributed by atoms with Crippen LogP contribution in [0, 0.1) is 0 Å². The molecule has 2 aromatic carbocycles. The maximum Gasteiger partial charge on any atom is 0.341 e. The maximum absolute atomic E-state index is 13.0. The largest absolute Gasteiger partial charge is 0.462 e. The number of ether oxygens (including phenoxy) is 1. The molecule has 0 fully saturated rings. The number of aromatic nitrogens is 2. The van der Waals surface area contributed by atoms with Gasteiger partial charge in [0.05, 0.1) is 34.6 Å². The number of halogens is 1. The molecule has 1 heterocycles. The highest BCUT2D eigenvalue weighted by Crippen LogP contribution is 2.28. The number of hydrogen-bond donors (Lipinski definition) is 1. The first kappa shape index (κ1) is 22.8. The molecule has 0 amide bonds. The number of anilines is 1. The van der Waals surface area contributed by atoms with Crippen LogP contribution < -0.4 is 4.72 Å². The first-order valence-corrected chi connectivity index (χ1v) is 11.5. The Morgan fingerprint density at radius 1 is 1.16 bits per heavy atom. The number of sulfonamides is 1. The van der Waals surface area contributed by atoms with Gasteiger partial charge in [0.1, 0.15) is 0 Å². The zero-order chi connectivity index (χ0) is 22.8. The number of benzene rings is 2. The van der Waals surface area contributed by atoms with Gasteiger partial charge < -0.3 is 4.74 Å². The summed E-state index contributed by atoms with van der Waals surface area (Å²) in [6.07, 6.45) is 2.81. The van der Waals surface area contributed by atoms with E-state index in [0.29, 0.717) is 10.7 Å². The summed E-state index contributed by atoms with van der Waals surface area (Å²) in [4.78, 5) is 12.1. The highest BCUT2D eigenvalue weighted by Gasteiger charge is 2.20. The summed E-state index contributed by atoms with van der Waals surface area (Å²) in [5.41, 5.74) is 1.83. The number of nitrogens with one attached hydrogen (secondary N) is 1. The molecule has 3 aromatic rings. The third kappa shape index (κ3) is 5.26. The minimum Gasteiger partial charge on any atom is -0.462 e. The van der Waals surface area contributed by atoms with Gasteiger partial charge in [-0.1, -0.05) is 44.5 Å². The van der Waals surface area contributed by atoms with Crippen LogP contribution >= 0.6 is 11.6 Å². The van der Waals surface area contributed by atoms with Gasteiger partial charge in [-0.25, -0.2) is 17.9 Å². The van der Waals surface area contributed by atoms with Crippen LogP contribution in [-0.2, 0) is 20.2 Å². The Kier molecular flexibility index (Phi) is 6.43. The summed E-state index contributed by atoms with van der Waals surface area (Å²) in [5.74, 6) is -0.517. The normalized spacial score (nSPS) is 11.9. The fourth-order valence-electron chi connectivity index (χ4n) is 2.89. The third-order valence-corrected chi connectivity index (χ3v) is 6.19. The summed E-state index contributed by atoms with van der Waals surface area (Å²) in [6.45, 7) is 8.12. The van der Waals surface area contributed by atoms with E-state index in [1.807, 2.05) is 0 Å². The van der Waals surface area contributed by atoms with E-state index in [9.17, 15) is 13.2 Å². The highest BCUT2D eigenvalue weighted by atomic mass is 35.5. The summed E-state index contributed by atoms with van der Waals surface area (Å²) in [6, 6.07) is 11.4. The van der Waals surface area contributed by atoms with Gasteiger partial charge in [0, 0.05) is 11.2 Å². The van der Waals surface area contributed by atoms with Crippen LogP contribution in [0.15, 0.2) is 59.8 Å². The van der Waals surface area contributed by atoms with Crippen LogP contribution in [-0.4, -0.2) is 30.8 Å². The zero-order valence-corrected chi connectivity index (χ0v) is 19.3. The van der Waals surface area contributed by atoms with E-state index in [-0.39, 0.29) is 28.2 Å². The van der Waals surface area contributed by atoms with E-state index >= 15 is 0 Å². The quantitative estimate of drug-likeness (QED) is 0.532. The molecule has 0 bridgehead atoms. The van der Waals surface area contributed by atoms with Gasteiger partial charge in [-0.2, -0.15) is 5.10 Å². The van der Waals surface area contributed by atoms with E-state index < -0.39 is 16.0 Å². The lowest BCUT2D eigenvalue weighted by Crippen LogP contribution is -2.16. The van der Waals surface area contributed by atoms with Crippen molar-refractivity contribution < 1.29 is 17.9 Å². The van der Waals surface area contributed by atoms with E-state index in [2.05, 4.69) is 30.6 Å². The summed E-state index contributed by atoms with van der Waals surface area (Å²) < 4.78 is 34.9. The van der Waals surface area contributed by atoms with Crippen LogP contribution in [0.25, 0.3) is 5.69 Å². The number of esters is 1. The Hall–Kier alpha value is -2.84. The molecule has 0 aliphatic carbocycles. The van der Waals surface area contributed by atoms with E-state index in [0.717, 1.165) is 5.56 Å². The number of nitrogens with zero attached hydrogens (tertiary/aromatic N) is 2. The Morgan fingerprint density at radius 3 is 2.45 bits per heavy atom. The van der Waals surface area contributed by atoms with Gasteiger partial charge in [0.15, 0.2) is 0 Å². The third-order valence-electron chi connectivity index (χ3n) is 4.58. The summed E-state index contributed by atoms with van der Waals surface area (Å²) in [5, 5.41) is 4.54. The topological polar surface area (TPSA) is 90.3 Å². The molecule has 164 valence electrons. The van der Waals surface area contributed by atoms with Crippen LogP contribution in [0.1, 0.15) is 43.6 Å². The number of rotatable bonds is 6. The molecular weight excluding hydrogens is 438 g/mol. The molecule has 0 unspecified atom stereocenters. The van der Waals surface area contributed by atoms with Crippen molar-refractivity contribution in [1.29, 1.82) is 0 Å². The molecule has 0 saturated heterocycles. The molecule has 0 spiro atoms. The zero-order valence-electron chi connectivity index (χ0n) is 17.7. The minimum absolute atomic E-state index is 0.0875. The second-order valence-corrected chi connectivity index (χ2v) is 10.1. The maximum atomic E-state index is 13.0. The highest BCUT2D eigenvalue weighted by molar-refractivity contribution is 7.92. The molecule has 0 radical (unpaired) electrons. The lowest BCUT2D eigenvalue weighted by molar-refractivity contribution is 0.0526. The van der Waals surface area contributed by atoms with Gasteiger partial charge in [0.25, 0.3) is 10.0 Å². The predicted molar refractivity (Wildman–Crippen MR) is 120 cm³/mol. The van der Waals surface area contributed by atoms with Crippen molar-refractivity contribution in [2.24, 2.45) is 0 Å². The Morgan fingerprint density at radius 2 is 1.84 bits per heavy atom. The Labute approximate surface area is 187 Å². The molecule has 1 aromatic heterocycles. The monoisotopic (exact) mass is 461 g/mol. The first-order valence-electron chi connectivity index (χ1n) is 9.66. The average Bonchev–Trinajstić information content (AvgIpc) is 3.19. The predicted octanol–water partition coefficient (Wildman–Crippen LogP) is 4.80. The lowest BCUT2D eigenvalue weighted by atomic mass is 9.87. The average molecular weight is 462 g/mol. The van der Waals surface area contributed by atoms with E-state index in [1.165, 1.54) is 17.1 Å². The van der Waals surface area contributed by atoms with Crippen molar-refractivity contribution >= 4 is 33.3 Å². The molecule has 31 heavy (non-hydrogen) atoms. The van der Waals surface area contributed by atoms with Gasteiger partial charge in [-0.05, 0) is 48.2 Å². The van der Waals surface area contributed by atoms with Crippen LogP contribution in [0.5, 0.6) is 0 Å². The van der Waals surface area contributed by atoms with Crippen molar-refractivity contribution in [1.82, 2.24) is 9.78 Å². The van der Waals surface area contributed by atoms with E-state index in [1.54, 1.807) is 49.4 Å². The summed E-state index contributed by atoms with van der Waals surface area (Å²) in [7, 11) is -3.86. The molecule has 9 heteroatoms. The van der Waals surface area contributed by atoms with Crippen LogP contribution in [0.2, 0.25) is 5.02 Å². The first-order chi connectivity index (χ1) is 14.5. The van der Waals surface area contributed by atoms with Crippen LogP contribution in [0.3, 0.4) is 0 Å². The summed E-state index contributed by atoms with van der Waals surface area (Å²) >= 11 is 6.12. The molecule has 0 saturated carbocycles. The fraction of sp³-hybridized carbons (Fsp3) is 0.273. The molecular formula is C22H24ClN3O4S. The Bertz CT molecular complexity index is 1200.